The van der Waals surface area contributed by atoms with Crippen LogP contribution in [0.1, 0.15) is 26.3 Å². The van der Waals surface area contributed by atoms with E-state index in [2.05, 4.69) is 6.58 Å². The van der Waals surface area contributed by atoms with Crippen LogP contribution in [0.4, 0.5) is 0 Å². The van der Waals surface area contributed by atoms with Gasteiger partial charge in [0.15, 0.2) is 0 Å². The lowest BCUT2D eigenvalue weighted by Gasteiger charge is -2.16. The molecule has 0 N–H and O–H groups in total. The number of benzene rings is 1. The molecular weight excluding hydrogens is 283 g/mol. The molecule has 0 aromatic heterocycles. The zero-order valence-electron chi connectivity index (χ0n) is 13.5. The van der Waals surface area contributed by atoms with Crippen LogP contribution in [0.2, 0.25) is 0 Å². The van der Waals surface area contributed by atoms with E-state index < -0.39 is 12.7 Å². The fraction of sp³-hybridized carbons (Fsp3) is 0.438. The summed E-state index contributed by atoms with van der Waals surface area (Å²) in [5.41, 5.74) is 0.986. The monoisotopic (exact) mass is 304 g/mol. The van der Waals surface area contributed by atoms with Gasteiger partial charge in [-0.05, 0) is 32.4 Å². The Morgan fingerprint density at radius 1 is 1.41 bits per heavy atom. The lowest BCUT2D eigenvalue weighted by molar-refractivity contribution is -0.142. The number of hydrogen-bond donors (Lipinski definition) is 0. The van der Waals surface area contributed by atoms with Gasteiger partial charge in [-0.25, -0.2) is 0 Å². The molecule has 0 aliphatic carbocycles. The lowest BCUT2D eigenvalue weighted by atomic mass is 9.77. The van der Waals surface area contributed by atoms with E-state index in [1.54, 1.807) is 20.1 Å². The Balaban J connectivity index is 2.26. The standard InChI is InChI=1S/C16H21BO5/c1-6-20-15(18)10-12-7-8-14(19-5)13(9-12)17-21-11(2)16(3,4)22-17/h7-9H,2,6,10H2,1,3-5H3. The van der Waals surface area contributed by atoms with Crippen LogP contribution in [0.15, 0.2) is 30.5 Å². The highest BCUT2D eigenvalue weighted by atomic mass is 16.7. The van der Waals surface area contributed by atoms with E-state index in [0.717, 1.165) is 11.0 Å². The zero-order valence-corrected chi connectivity index (χ0v) is 13.5. The lowest BCUT2D eigenvalue weighted by Crippen LogP contribution is -2.35. The number of carbonyl (C=O) groups is 1. The first-order chi connectivity index (χ1) is 10.4. The third-order valence-corrected chi connectivity index (χ3v) is 3.52. The molecule has 0 spiro atoms. The van der Waals surface area contributed by atoms with E-state index in [1.165, 1.54) is 0 Å². The van der Waals surface area contributed by atoms with Gasteiger partial charge in [-0.15, -0.1) is 0 Å². The molecule has 118 valence electrons. The molecule has 2 rings (SSSR count). The Morgan fingerprint density at radius 2 is 2.14 bits per heavy atom. The first-order valence-electron chi connectivity index (χ1n) is 7.23. The van der Waals surface area contributed by atoms with E-state index in [9.17, 15) is 4.79 Å². The van der Waals surface area contributed by atoms with Crippen LogP contribution in [0, 0.1) is 0 Å². The summed E-state index contributed by atoms with van der Waals surface area (Å²) in [6, 6.07) is 5.47. The first-order valence-corrected chi connectivity index (χ1v) is 7.23. The smallest absolute Gasteiger partial charge is 0.534 e. The van der Waals surface area contributed by atoms with Crippen LogP contribution in [-0.2, 0) is 25.3 Å². The normalized spacial score (nSPS) is 16.4. The molecule has 1 aliphatic rings. The number of ether oxygens (including phenoxy) is 2. The Hall–Kier alpha value is -1.95. The molecule has 0 bridgehead atoms. The molecule has 1 fully saturated rings. The van der Waals surface area contributed by atoms with E-state index in [4.69, 9.17) is 18.8 Å². The van der Waals surface area contributed by atoms with Crippen molar-refractivity contribution < 1.29 is 23.6 Å². The van der Waals surface area contributed by atoms with Gasteiger partial charge in [-0.2, -0.15) is 0 Å². The minimum absolute atomic E-state index is 0.196. The van der Waals surface area contributed by atoms with Crippen LogP contribution in [-0.4, -0.2) is 32.4 Å². The molecule has 1 heterocycles. The van der Waals surface area contributed by atoms with Crippen molar-refractivity contribution in [2.75, 3.05) is 13.7 Å². The van der Waals surface area contributed by atoms with Gasteiger partial charge >= 0.3 is 13.1 Å². The molecule has 0 amide bonds. The summed E-state index contributed by atoms with van der Waals surface area (Å²) in [5, 5.41) is 0. The van der Waals surface area contributed by atoms with Crippen molar-refractivity contribution >= 4 is 18.6 Å². The molecule has 0 radical (unpaired) electrons. The number of carbonyl (C=O) groups excluding carboxylic acids is 1. The molecule has 0 saturated carbocycles. The number of hydrogen-bond acceptors (Lipinski definition) is 5. The predicted molar refractivity (Wildman–Crippen MR) is 84.1 cm³/mol. The van der Waals surface area contributed by atoms with Gasteiger partial charge in [0, 0.05) is 5.46 Å². The van der Waals surface area contributed by atoms with Crippen LogP contribution in [0.3, 0.4) is 0 Å². The van der Waals surface area contributed by atoms with E-state index in [1.807, 2.05) is 26.0 Å². The molecule has 0 unspecified atom stereocenters. The van der Waals surface area contributed by atoms with Gasteiger partial charge in [0.05, 0.1) is 25.9 Å². The Labute approximate surface area is 131 Å². The van der Waals surface area contributed by atoms with Crippen LogP contribution in [0.5, 0.6) is 5.75 Å². The van der Waals surface area contributed by atoms with Crippen molar-refractivity contribution in [1.82, 2.24) is 0 Å². The largest absolute Gasteiger partial charge is 0.567 e. The Morgan fingerprint density at radius 3 is 2.68 bits per heavy atom. The molecule has 1 aromatic carbocycles. The maximum atomic E-state index is 11.6. The van der Waals surface area contributed by atoms with Crippen LogP contribution in [0.25, 0.3) is 0 Å². The van der Waals surface area contributed by atoms with Crippen molar-refractivity contribution in [1.29, 1.82) is 0 Å². The Bertz CT molecular complexity index is 582. The summed E-state index contributed by atoms with van der Waals surface area (Å²) in [7, 11) is 0.985. The summed E-state index contributed by atoms with van der Waals surface area (Å²) in [6.07, 6.45) is 0.196. The number of esters is 1. The van der Waals surface area contributed by atoms with Crippen molar-refractivity contribution in [2.24, 2.45) is 0 Å². The predicted octanol–water partition coefficient (Wildman–Crippen LogP) is 1.84. The summed E-state index contributed by atoms with van der Waals surface area (Å²) in [6.45, 7) is 9.81. The average Bonchev–Trinajstić information content (AvgIpc) is 2.73. The fourth-order valence-electron chi connectivity index (χ4n) is 2.21. The van der Waals surface area contributed by atoms with Gasteiger partial charge in [-0.3, -0.25) is 4.79 Å². The minimum Gasteiger partial charge on any atom is -0.534 e. The second-order valence-corrected chi connectivity index (χ2v) is 5.56. The van der Waals surface area contributed by atoms with Gasteiger partial charge in [0.1, 0.15) is 11.4 Å². The highest BCUT2D eigenvalue weighted by Crippen LogP contribution is 2.30. The molecule has 5 nitrogen and oxygen atoms in total. The molecule has 1 saturated heterocycles. The maximum Gasteiger partial charge on any atom is 0.567 e. The highest BCUT2D eigenvalue weighted by Gasteiger charge is 2.44. The van der Waals surface area contributed by atoms with Crippen LogP contribution >= 0.6 is 0 Å². The summed E-state index contributed by atoms with van der Waals surface area (Å²) >= 11 is 0. The SMILES string of the molecule is C=C1OB(c2cc(CC(=O)OCC)ccc2OC)OC1(C)C. The third kappa shape index (κ3) is 3.44. The minimum atomic E-state index is -0.598. The van der Waals surface area contributed by atoms with Crippen molar-refractivity contribution in [2.45, 2.75) is 32.8 Å². The molecule has 1 aromatic rings. The van der Waals surface area contributed by atoms with Crippen LogP contribution < -0.4 is 10.2 Å². The van der Waals surface area contributed by atoms with Gasteiger partial charge in [0.2, 0.25) is 0 Å². The second kappa shape index (κ2) is 6.44. The molecule has 6 heteroatoms. The third-order valence-electron chi connectivity index (χ3n) is 3.52. The first kappa shape index (κ1) is 16.4. The van der Waals surface area contributed by atoms with Crippen molar-refractivity contribution in [3.8, 4) is 5.75 Å². The number of rotatable bonds is 5. The van der Waals surface area contributed by atoms with E-state index in [0.29, 0.717) is 18.1 Å². The van der Waals surface area contributed by atoms with E-state index >= 15 is 0 Å². The quantitative estimate of drug-likeness (QED) is 0.613. The number of methoxy groups -OCH3 is 1. The second-order valence-electron chi connectivity index (χ2n) is 5.56. The molecule has 1 aliphatic heterocycles. The zero-order chi connectivity index (χ0) is 16.3. The molecular formula is C16H21BO5. The van der Waals surface area contributed by atoms with E-state index in [-0.39, 0.29) is 12.4 Å². The van der Waals surface area contributed by atoms with Gasteiger partial charge < -0.3 is 18.8 Å². The van der Waals surface area contributed by atoms with Gasteiger partial charge in [0.25, 0.3) is 0 Å². The fourth-order valence-corrected chi connectivity index (χ4v) is 2.21. The highest BCUT2D eigenvalue weighted by molar-refractivity contribution is 6.63. The summed E-state index contributed by atoms with van der Waals surface area (Å²) in [5.74, 6) is 0.940. The summed E-state index contributed by atoms with van der Waals surface area (Å²) in [4.78, 5) is 11.6. The maximum absolute atomic E-state index is 11.6. The topological polar surface area (TPSA) is 54.0 Å². The average molecular weight is 304 g/mol. The molecule has 22 heavy (non-hydrogen) atoms. The van der Waals surface area contributed by atoms with Crippen molar-refractivity contribution in [3.63, 3.8) is 0 Å². The molecule has 0 atom stereocenters. The Kier molecular flexibility index (Phi) is 4.81. The van der Waals surface area contributed by atoms with Crippen molar-refractivity contribution in [3.05, 3.63) is 36.1 Å². The summed E-state index contributed by atoms with van der Waals surface area (Å²) < 4.78 is 21.9. The van der Waals surface area contributed by atoms with Gasteiger partial charge in [-0.1, -0.05) is 18.7 Å².